The Morgan fingerprint density at radius 3 is 2.56 bits per heavy atom. The molecule has 0 aliphatic rings. The van der Waals surface area contributed by atoms with E-state index in [0.717, 1.165) is 9.86 Å². The second-order valence-corrected chi connectivity index (χ2v) is 4.22. The molecule has 80 valence electrons. The van der Waals surface area contributed by atoms with E-state index in [0.29, 0.717) is 5.39 Å². The summed E-state index contributed by atoms with van der Waals surface area (Å²) in [6.07, 6.45) is 0. The third-order valence-electron chi connectivity index (χ3n) is 2.28. The highest BCUT2D eigenvalue weighted by molar-refractivity contribution is 9.10. The van der Waals surface area contributed by atoms with Gasteiger partial charge in [-0.3, -0.25) is 4.79 Å². The van der Waals surface area contributed by atoms with Crippen molar-refractivity contribution >= 4 is 38.5 Å². The molecule has 3 nitrogen and oxygen atoms in total. The van der Waals surface area contributed by atoms with Crippen LogP contribution in [-0.4, -0.2) is 16.9 Å². The fraction of sp³-hybridized carbons (Fsp3) is 0. The summed E-state index contributed by atoms with van der Waals surface area (Å²) in [7, 11) is 0. The highest BCUT2D eigenvalue weighted by Gasteiger charge is 2.16. The molecule has 1 N–H and O–H groups in total. The van der Waals surface area contributed by atoms with Gasteiger partial charge in [0.15, 0.2) is 0 Å². The molecule has 0 spiro atoms. The molecule has 0 heterocycles. The van der Waals surface area contributed by atoms with Crippen LogP contribution in [0, 0.1) is 0 Å². The van der Waals surface area contributed by atoms with E-state index in [-0.39, 0.29) is 5.56 Å². The predicted molar refractivity (Wildman–Crippen MR) is 63.6 cm³/mol. The van der Waals surface area contributed by atoms with Crippen molar-refractivity contribution in [3.8, 4) is 0 Å². The van der Waals surface area contributed by atoms with Crippen molar-refractivity contribution in [3.05, 3.63) is 46.4 Å². The third-order valence-corrected chi connectivity index (χ3v) is 2.78. The maximum Gasteiger partial charge on any atom is 0.377 e. The highest BCUT2D eigenvalue weighted by atomic mass is 79.9. The Labute approximate surface area is 99.8 Å². The second-order valence-electron chi connectivity index (χ2n) is 3.31. The molecular formula is C12H7BrO3. The van der Waals surface area contributed by atoms with Gasteiger partial charge in [0.2, 0.25) is 0 Å². The average molecular weight is 279 g/mol. The fourth-order valence-corrected chi connectivity index (χ4v) is 1.92. The number of halogens is 1. The molecule has 2 aromatic rings. The van der Waals surface area contributed by atoms with E-state index in [1.807, 2.05) is 18.2 Å². The van der Waals surface area contributed by atoms with Crippen LogP contribution in [0.5, 0.6) is 0 Å². The molecule has 0 radical (unpaired) electrons. The number of fused-ring (bicyclic) bond motifs is 1. The van der Waals surface area contributed by atoms with E-state index in [1.165, 1.54) is 6.07 Å². The van der Waals surface area contributed by atoms with Crippen molar-refractivity contribution in [2.24, 2.45) is 0 Å². The van der Waals surface area contributed by atoms with Gasteiger partial charge in [-0.1, -0.05) is 40.2 Å². The third kappa shape index (κ3) is 1.84. The number of benzene rings is 2. The summed E-state index contributed by atoms with van der Waals surface area (Å²) in [4.78, 5) is 22.1. The Balaban J connectivity index is 2.74. The monoisotopic (exact) mass is 278 g/mol. The van der Waals surface area contributed by atoms with Crippen molar-refractivity contribution < 1.29 is 14.7 Å². The number of hydrogen-bond donors (Lipinski definition) is 1. The Morgan fingerprint density at radius 1 is 1.12 bits per heavy atom. The number of ketones is 1. The number of Topliss-reactive ketones (excluding diaryl/α,β-unsaturated/α-hetero) is 1. The Kier molecular flexibility index (Phi) is 2.75. The lowest BCUT2D eigenvalue weighted by Gasteiger charge is -2.03. The van der Waals surface area contributed by atoms with E-state index in [4.69, 9.17) is 5.11 Å². The minimum atomic E-state index is -1.44. The predicted octanol–water partition coefficient (Wildman–Crippen LogP) is 2.87. The van der Waals surface area contributed by atoms with Crippen molar-refractivity contribution in [2.75, 3.05) is 0 Å². The molecule has 2 aromatic carbocycles. The standard InChI is InChI=1S/C12H7BrO3/c13-8-5-4-7-2-1-3-9(10(7)6-8)11(14)12(15)16/h1-6H,(H,15,16). The Hall–Kier alpha value is -1.68. The van der Waals surface area contributed by atoms with Crippen molar-refractivity contribution in [1.29, 1.82) is 0 Å². The van der Waals surface area contributed by atoms with Gasteiger partial charge in [0.05, 0.1) is 0 Å². The van der Waals surface area contributed by atoms with Gasteiger partial charge < -0.3 is 5.11 Å². The first kappa shape index (κ1) is 10.8. The molecule has 0 aliphatic carbocycles. The summed E-state index contributed by atoms with van der Waals surface area (Å²) in [6, 6.07) is 10.4. The van der Waals surface area contributed by atoms with Gasteiger partial charge in [0, 0.05) is 10.0 Å². The van der Waals surface area contributed by atoms with E-state index in [2.05, 4.69) is 15.9 Å². The molecular weight excluding hydrogens is 272 g/mol. The lowest BCUT2D eigenvalue weighted by Crippen LogP contribution is -2.12. The second kappa shape index (κ2) is 4.06. The first-order valence-corrected chi connectivity index (χ1v) is 5.35. The molecule has 0 aromatic heterocycles. The van der Waals surface area contributed by atoms with Crippen LogP contribution in [-0.2, 0) is 4.79 Å². The molecule has 0 atom stereocenters. The zero-order chi connectivity index (χ0) is 11.7. The number of hydrogen-bond acceptors (Lipinski definition) is 2. The summed E-state index contributed by atoms with van der Waals surface area (Å²) in [5.41, 5.74) is 0.214. The maximum atomic E-state index is 11.5. The Bertz CT molecular complexity index is 590. The molecule has 2 rings (SSSR count). The van der Waals surface area contributed by atoms with E-state index in [1.54, 1.807) is 12.1 Å². The summed E-state index contributed by atoms with van der Waals surface area (Å²) in [5, 5.41) is 10.2. The lowest BCUT2D eigenvalue weighted by molar-refractivity contribution is -0.131. The average Bonchev–Trinajstić information content (AvgIpc) is 2.27. The highest BCUT2D eigenvalue weighted by Crippen LogP contribution is 2.23. The normalized spacial score (nSPS) is 10.3. The summed E-state index contributed by atoms with van der Waals surface area (Å²) in [6.45, 7) is 0. The smallest absolute Gasteiger partial charge is 0.377 e. The molecule has 16 heavy (non-hydrogen) atoms. The van der Waals surface area contributed by atoms with Crippen LogP contribution in [0.3, 0.4) is 0 Å². The first-order valence-electron chi connectivity index (χ1n) is 4.55. The fourth-order valence-electron chi connectivity index (χ4n) is 1.56. The van der Waals surface area contributed by atoms with Crippen molar-refractivity contribution in [2.45, 2.75) is 0 Å². The molecule has 0 aliphatic heterocycles. The minimum absolute atomic E-state index is 0.214. The maximum absolute atomic E-state index is 11.5. The van der Waals surface area contributed by atoms with Gasteiger partial charge in [-0.15, -0.1) is 0 Å². The van der Waals surface area contributed by atoms with Crippen LogP contribution in [0.1, 0.15) is 10.4 Å². The number of aliphatic carboxylic acids is 1. The molecule has 0 amide bonds. The van der Waals surface area contributed by atoms with Crippen molar-refractivity contribution in [3.63, 3.8) is 0 Å². The number of carboxylic acids is 1. The summed E-state index contributed by atoms with van der Waals surface area (Å²) < 4.78 is 0.811. The largest absolute Gasteiger partial charge is 0.475 e. The molecule has 0 fully saturated rings. The number of carbonyl (C=O) groups excluding carboxylic acids is 1. The van der Waals surface area contributed by atoms with Crippen molar-refractivity contribution in [1.82, 2.24) is 0 Å². The topological polar surface area (TPSA) is 54.4 Å². The van der Waals surface area contributed by atoms with Gasteiger partial charge in [-0.25, -0.2) is 4.79 Å². The van der Waals surface area contributed by atoms with E-state index < -0.39 is 11.8 Å². The van der Waals surface area contributed by atoms with Crippen LogP contribution < -0.4 is 0 Å². The van der Waals surface area contributed by atoms with Crippen LogP contribution in [0.4, 0.5) is 0 Å². The zero-order valence-corrected chi connectivity index (χ0v) is 9.69. The molecule has 4 heteroatoms. The quantitative estimate of drug-likeness (QED) is 0.679. The van der Waals surface area contributed by atoms with Crippen LogP contribution in [0.15, 0.2) is 40.9 Å². The molecule has 0 saturated carbocycles. The lowest BCUT2D eigenvalue weighted by atomic mass is 10.0. The first-order chi connectivity index (χ1) is 7.59. The van der Waals surface area contributed by atoms with Crippen LogP contribution in [0.2, 0.25) is 0 Å². The number of carbonyl (C=O) groups is 2. The van der Waals surface area contributed by atoms with Gasteiger partial charge in [0.1, 0.15) is 0 Å². The molecule has 0 saturated heterocycles. The van der Waals surface area contributed by atoms with E-state index in [9.17, 15) is 9.59 Å². The van der Waals surface area contributed by atoms with Gasteiger partial charge in [-0.2, -0.15) is 0 Å². The minimum Gasteiger partial charge on any atom is -0.475 e. The summed E-state index contributed by atoms with van der Waals surface area (Å²) in [5.74, 6) is -2.32. The number of rotatable bonds is 2. The van der Waals surface area contributed by atoms with Crippen LogP contribution >= 0.6 is 15.9 Å². The summed E-state index contributed by atoms with van der Waals surface area (Å²) >= 11 is 3.29. The molecule has 0 bridgehead atoms. The van der Waals surface area contributed by atoms with E-state index >= 15 is 0 Å². The van der Waals surface area contributed by atoms with Crippen LogP contribution in [0.25, 0.3) is 10.8 Å². The zero-order valence-electron chi connectivity index (χ0n) is 8.11. The van der Waals surface area contributed by atoms with Gasteiger partial charge in [0.25, 0.3) is 5.78 Å². The molecule has 0 unspecified atom stereocenters. The van der Waals surface area contributed by atoms with Gasteiger partial charge >= 0.3 is 5.97 Å². The number of carboxylic acid groups (broad SMARTS) is 1. The SMILES string of the molecule is O=C(O)C(=O)c1cccc2ccc(Br)cc12. The Morgan fingerprint density at radius 2 is 1.88 bits per heavy atom. The van der Waals surface area contributed by atoms with Gasteiger partial charge in [-0.05, 0) is 22.9 Å².